The lowest BCUT2D eigenvalue weighted by Gasteiger charge is -2.33. The van der Waals surface area contributed by atoms with Crippen LogP contribution in [-0.4, -0.2) is 30.1 Å². The van der Waals surface area contributed by atoms with E-state index >= 15 is 0 Å². The topological polar surface area (TPSA) is 29.3 Å². The molecule has 0 aromatic carbocycles. The molecular weight excluding hydrogens is 136 g/mol. The zero-order valence-corrected chi connectivity index (χ0v) is 8.52. The minimum Gasteiger partial charge on any atom is -0.327 e. The highest BCUT2D eigenvalue weighted by atomic mass is 15.2. The smallest absolute Gasteiger partial charge is 0.0165 e. The fraction of sp³-hybridized carbons (Fsp3) is 1.00. The molecule has 0 aliphatic carbocycles. The van der Waals surface area contributed by atoms with Gasteiger partial charge in [-0.05, 0) is 34.2 Å². The summed E-state index contributed by atoms with van der Waals surface area (Å²) in [6, 6.07) is 0.319. The molecule has 0 bridgehead atoms. The first kappa shape index (κ1) is 10.9. The van der Waals surface area contributed by atoms with E-state index in [4.69, 9.17) is 5.73 Å². The molecule has 0 heterocycles. The van der Waals surface area contributed by atoms with Gasteiger partial charge in [0.2, 0.25) is 0 Å². The molecule has 0 amide bonds. The second kappa shape index (κ2) is 4.07. The van der Waals surface area contributed by atoms with E-state index in [0.717, 1.165) is 13.0 Å². The minimum absolute atomic E-state index is 0.243. The summed E-state index contributed by atoms with van der Waals surface area (Å²) in [4.78, 5) is 2.29. The molecular formula is C9H22N2. The third-order valence-corrected chi connectivity index (χ3v) is 2.18. The van der Waals surface area contributed by atoms with E-state index in [-0.39, 0.29) is 5.54 Å². The SMILES string of the molecule is CC[C@H](N)CN(C)C(C)(C)C. The second-order valence-corrected chi connectivity index (χ2v) is 4.22. The van der Waals surface area contributed by atoms with Crippen molar-refractivity contribution in [1.29, 1.82) is 0 Å². The Kier molecular flexibility index (Phi) is 4.04. The van der Waals surface area contributed by atoms with Crippen LogP contribution in [0.5, 0.6) is 0 Å². The molecule has 0 radical (unpaired) electrons. The molecule has 0 aliphatic rings. The molecule has 1 atom stereocenters. The maximum atomic E-state index is 5.83. The second-order valence-electron chi connectivity index (χ2n) is 4.22. The van der Waals surface area contributed by atoms with Gasteiger partial charge < -0.3 is 5.73 Å². The molecule has 0 saturated carbocycles. The van der Waals surface area contributed by atoms with Gasteiger partial charge in [0.05, 0.1) is 0 Å². The summed E-state index contributed by atoms with van der Waals surface area (Å²) in [7, 11) is 2.12. The quantitative estimate of drug-likeness (QED) is 0.673. The Morgan fingerprint density at radius 1 is 1.36 bits per heavy atom. The predicted molar refractivity (Wildman–Crippen MR) is 50.6 cm³/mol. The Hall–Kier alpha value is -0.0800. The average Bonchev–Trinajstić information content (AvgIpc) is 1.85. The minimum atomic E-state index is 0.243. The van der Waals surface area contributed by atoms with Crippen molar-refractivity contribution < 1.29 is 0 Å². The van der Waals surface area contributed by atoms with Crippen LogP contribution in [0.3, 0.4) is 0 Å². The van der Waals surface area contributed by atoms with Gasteiger partial charge in [-0.2, -0.15) is 0 Å². The number of likely N-dealkylation sites (N-methyl/N-ethyl adjacent to an activating group) is 1. The van der Waals surface area contributed by atoms with E-state index in [0.29, 0.717) is 6.04 Å². The monoisotopic (exact) mass is 158 g/mol. The van der Waals surface area contributed by atoms with Gasteiger partial charge in [-0.15, -0.1) is 0 Å². The van der Waals surface area contributed by atoms with Crippen LogP contribution in [0.4, 0.5) is 0 Å². The van der Waals surface area contributed by atoms with Crippen LogP contribution in [0.15, 0.2) is 0 Å². The van der Waals surface area contributed by atoms with Crippen LogP contribution in [0, 0.1) is 0 Å². The molecule has 2 nitrogen and oxygen atoms in total. The first-order valence-corrected chi connectivity index (χ1v) is 4.34. The Labute approximate surface area is 70.8 Å². The molecule has 0 aromatic heterocycles. The summed E-state index contributed by atoms with van der Waals surface area (Å²) in [6.45, 7) is 9.72. The van der Waals surface area contributed by atoms with E-state index in [9.17, 15) is 0 Å². The molecule has 2 heteroatoms. The van der Waals surface area contributed by atoms with E-state index < -0.39 is 0 Å². The van der Waals surface area contributed by atoms with Crippen molar-refractivity contribution in [2.75, 3.05) is 13.6 Å². The summed E-state index contributed by atoms with van der Waals surface area (Å²) in [6.07, 6.45) is 1.06. The molecule has 0 aromatic rings. The molecule has 0 spiro atoms. The molecule has 11 heavy (non-hydrogen) atoms. The van der Waals surface area contributed by atoms with Crippen LogP contribution in [0.25, 0.3) is 0 Å². The zero-order valence-electron chi connectivity index (χ0n) is 8.52. The van der Waals surface area contributed by atoms with Gasteiger partial charge >= 0.3 is 0 Å². The predicted octanol–water partition coefficient (Wildman–Crippen LogP) is 1.45. The highest BCUT2D eigenvalue weighted by Crippen LogP contribution is 2.10. The molecule has 2 N–H and O–H groups in total. The molecule has 0 saturated heterocycles. The molecule has 0 fully saturated rings. The molecule has 68 valence electrons. The molecule has 0 aliphatic heterocycles. The van der Waals surface area contributed by atoms with Gasteiger partial charge in [-0.1, -0.05) is 6.92 Å². The first-order chi connectivity index (χ1) is 4.88. The van der Waals surface area contributed by atoms with E-state index in [1.165, 1.54) is 0 Å². The van der Waals surface area contributed by atoms with Gasteiger partial charge in [0, 0.05) is 18.1 Å². The van der Waals surface area contributed by atoms with Crippen LogP contribution >= 0.6 is 0 Å². The summed E-state index contributed by atoms with van der Waals surface area (Å²) < 4.78 is 0. The van der Waals surface area contributed by atoms with Gasteiger partial charge in [0.1, 0.15) is 0 Å². The Morgan fingerprint density at radius 2 is 1.82 bits per heavy atom. The van der Waals surface area contributed by atoms with Crippen molar-refractivity contribution in [3.63, 3.8) is 0 Å². The standard InChI is InChI=1S/C9H22N2/c1-6-8(10)7-11(5)9(2,3)4/h8H,6-7,10H2,1-5H3/t8-/m0/s1. The number of rotatable bonds is 3. The number of nitrogens with zero attached hydrogens (tertiary/aromatic N) is 1. The normalized spacial score (nSPS) is 15.5. The maximum Gasteiger partial charge on any atom is 0.0165 e. The maximum absolute atomic E-state index is 5.83. The van der Waals surface area contributed by atoms with Crippen LogP contribution in [0.2, 0.25) is 0 Å². The summed E-state index contributed by atoms with van der Waals surface area (Å²) in [5.74, 6) is 0. The van der Waals surface area contributed by atoms with Gasteiger partial charge in [-0.25, -0.2) is 0 Å². The van der Waals surface area contributed by atoms with Crippen molar-refractivity contribution in [3.05, 3.63) is 0 Å². The van der Waals surface area contributed by atoms with Crippen molar-refractivity contribution in [1.82, 2.24) is 4.90 Å². The van der Waals surface area contributed by atoms with E-state index in [2.05, 4.69) is 39.6 Å². The highest BCUT2D eigenvalue weighted by molar-refractivity contribution is 4.76. The Morgan fingerprint density at radius 3 is 2.09 bits per heavy atom. The summed E-state index contributed by atoms with van der Waals surface area (Å²) >= 11 is 0. The number of hydrogen-bond acceptors (Lipinski definition) is 2. The first-order valence-electron chi connectivity index (χ1n) is 4.34. The van der Waals surface area contributed by atoms with Gasteiger partial charge in [-0.3, -0.25) is 4.90 Å². The lowest BCUT2D eigenvalue weighted by molar-refractivity contribution is 0.164. The molecule has 0 unspecified atom stereocenters. The molecule has 0 rings (SSSR count). The largest absolute Gasteiger partial charge is 0.327 e. The lowest BCUT2D eigenvalue weighted by atomic mass is 10.1. The Bertz CT molecular complexity index is 105. The van der Waals surface area contributed by atoms with Gasteiger partial charge in [0.25, 0.3) is 0 Å². The summed E-state index contributed by atoms with van der Waals surface area (Å²) in [5.41, 5.74) is 6.07. The van der Waals surface area contributed by atoms with Crippen molar-refractivity contribution >= 4 is 0 Å². The summed E-state index contributed by atoms with van der Waals surface area (Å²) in [5, 5.41) is 0. The van der Waals surface area contributed by atoms with Crippen LogP contribution in [0.1, 0.15) is 34.1 Å². The van der Waals surface area contributed by atoms with Crippen LogP contribution in [-0.2, 0) is 0 Å². The fourth-order valence-electron chi connectivity index (χ4n) is 0.755. The van der Waals surface area contributed by atoms with Crippen molar-refractivity contribution in [2.24, 2.45) is 5.73 Å². The van der Waals surface area contributed by atoms with Gasteiger partial charge in [0.15, 0.2) is 0 Å². The van der Waals surface area contributed by atoms with Crippen LogP contribution < -0.4 is 5.73 Å². The fourth-order valence-corrected chi connectivity index (χ4v) is 0.755. The number of nitrogens with two attached hydrogens (primary N) is 1. The van der Waals surface area contributed by atoms with E-state index in [1.54, 1.807) is 0 Å². The van der Waals surface area contributed by atoms with Crippen molar-refractivity contribution in [2.45, 2.75) is 45.7 Å². The van der Waals surface area contributed by atoms with Crippen molar-refractivity contribution in [3.8, 4) is 0 Å². The Balaban J connectivity index is 3.77. The lowest BCUT2D eigenvalue weighted by Crippen LogP contribution is -2.44. The number of hydrogen-bond donors (Lipinski definition) is 1. The zero-order chi connectivity index (χ0) is 9.07. The third kappa shape index (κ3) is 4.38. The van der Waals surface area contributed by atoms with E-state index in [1.807, 2.05) is 0 Å². The third-order valence-electron chi connectivity index (χ3n) is 2.18. The highest BCUT2D eigenvalue weighted by Gasteiger charge is 2.17. The average molecular weight is 158 g/mol.